The number of piperidine rings is 3. The third kappa shape index (κ3) is 0.948. The molecule has 2 bridgehead atoms. The highest BCUT2D eigenvalue weighted by atomic mass is 16.2. The van der Waals surface area contributed by atoms with Crippen molar-refractivity contribution in [2.24, 2.45) is 11.1 Å². The third-order valence-corrected chi connectivity index (χ3v) is 3.14. The quantitative estimate of drug-likeness (QED) is 0.576. The van der Waals surface area contributed by atoms with Crippen LogP contribution in [0.2, 0.25) is 0 Å². The molecule has 3 rings (SSSR count). The van der Waals surface area contributed by atoms with E-state index in [0.717, 1.165) is 25.9 Å². The summed E-state index contributed by atoms with van der Waals surface area (Å²) in [5.74, 6) is 0.313. The Hall–Kier alpha value is -0.570. The highest BCUT2D eigenvalue weighted by molar-refractivity contribution is 5.78. The molecule has 62 valence electrons. The van der Waals surface area contributed by atoms with Gasteiger partial charge in [0.2, 0.25) is 5.91 Å². The highest BCUT2D eigenvalue weighted by Gasteiger charge is 2.42. The monoisotopic (exact) mass is 154 g/mol. The number of hydrogen-bond donors (Lipinski definition) is 1. The summed E-state index contributed by atoms with van der Waals surface area (Å²) in [6.07, 6.45) is 2.94. The van der Waals surface area contributed by atoms with E-state index in [2.05, 4.69) is 0 Å². The van der Waals surface area contributed by atoms with Gasteiger partial charge in [0.15, 0.2) is 0 Å². The zero-order chi connectivity index (χ0) is 7.90. The first kappa shape index (κ1) is 7.10. The molecule has 0 atom stereocenters. The average molecular weight is 154 g/mol. The second kappa shape index (κ2) is 2.21. The smallest absolute Gasteiger partial charge is 0.223 e. The Morgan fingerprint density at radius 3 is 2.45 bits per heavy atom. The minimum atomic E-state index is 0.186. The summed E-state index contributed by atoms with van der Waals surface area (Å²) in [7, 11) is 0. The van der Waals surface area contributed by atoms with Crippen LogP contribution in [-0.2, 0) is 4.79 Å². The van der Waals surface area contributed by atoms with Gasteiger partial charge in [-0.05, 0) is 24.8 Å². The molecule has 11 heavy (non-hydrogen) atoms. The van der Waals surface area contributed by atoms with Gasteiger partial charge in [-0.1, -0.05) is 0 Å². The average Bonchev–Trinajstić information content (AvgIpc) is 2.06. The number of rotatable bonds is 1. The minimum absolute atomic E-state index is 0.186. The normalized spacial score (nSPS) is 27.7. The minimum Gasteiger partial charge on any atom is -0.343 e. The molecule has 3 aliphatic rings. The van der Waals surface area contributed by atoms with Gasteiger partial charge in [0.05, 0.1) is 0 Å². The van der Waals surface area contributed by atoms with Crippen LogP contribution in [0.15, 0.2) is 0 Å². The molecule has 0 aliphatic carbocycles. The van der Waals surface area contributed by atoms with Crippen LogP contribution < -0.4 is 5.73 Å². The lowest BCUT2D eigenvalue weighted by Gasteiger charge is -2.47. The first-order valence-electron chi connectivity index (χ1n) is 4.24. The molecule has 2 N–H and O–H groups in total. The summed E-state index contributed by atoms with van der Waals surface area (Å²) in [4.78, 5) is 13.2. The van der Waals surface area contributed by atoms with E-state index in [1.54, 1.807) is 0 Å². The van der Waals surface area contributed by atoms with Crippen molar-refractivity contribution in [3.63, 3.8) is 0 Å². The molecule has 0 aromatic heterocycles. The summed E-state index contributed by atoms with van der Waals surface area (Å²) in [6, 6.07) is 0. The molecule has 0 saturated carbocycles. The van der Waals surface area contributed by atoms with Crippen molar-refractivity contribution in [2.75, 3.05) is 19.6 Å². The Bertz CT molecular complexity index is 183. The largest absolute Gasteiger partial charge is 0.343 e. The van der Waals surface area contributed by atoms with Gasteiger partial charge in [0.1, 0.15) is 0 Å². The van der Waals surface area contributed by atoms with Gasteiger partial charge < -0.3 is 10.6 Å². The fourth-order valence-corrected chi connectivity index (χ4v) is 2.12. The summed E-state index contributed by atoms with van der Waals surface area (Å²) >= 11 is 0. The van der Waals surface area contributed by atoms with Crippen molar-refractivity contribution >= 4 is 5.91 Å². The van der Waals surface area contributed by atoms with Gasteiger partial charge in [-0.25, -0.2) is 0 Å². The van der Waals surface area contributed by atoms with Gasteiger partial charge in [-0.3, -0.25) is 4.79 Å². The molecule has 0 aromatic rings. The van der Waals surface area contributed by atoms with Gasteiger partial charge in [-0.15, -0.1) is 0 Å². The Kier molecular flexibility index (Phi) is 1.42. The van der Waals surface area contributed by atoms with E-state index in [4.69, 9.17) is 5.73 Å². The van der Waals surface area contributed by atoms with E-state index in [1.165, 1.54) is 0 Å². The van der Waals surface area contributed by atoms with Crippen molar-refractivity contribution in [1.82, 2.24) is 4.90 Å². The highest BCUT2D eigenvalue weighted by Crippen LogP contribution is 2.39. The predicted octanol–water partition coefficient (Wildman–Crippen LogP) is -0.0424. The number of fused-ring (bicyclic) bond motifs is 3. The Morgan fingerprint density at radius 1 is 1.45 bits per heavy atom. The van der Waals surface area contributed by atoms with E-state index in [-0.39, 0.29) is 5.41 Å². The third-order valence-electron chi connectivity index (χ3n) is 3.14. The maximum atomic E-state index is 11.3. The van der Waals surface area contributed by atoms with E-state index in [0.29, 0.717) is 18.9 Å². The van der Waals surface area contributed by atoms with Crippen LogP contribution in [-0.4, -0.2) is 30.4 Å². The molecule has 0 unspecified atom stereocenters. The van der Waals surface area contributed by atoms with Crippen molar-refractivity contribution in [2.45, 2.75) is 19.3 Å². The van der Waals surface area contributed by atoms with Gasteiger partial charge in [-0.2, -0.15) is 0 Å². The van der Waals surface area contributed by atoms with Crippen molar-refractivity contribution in [3.05, 3.63) is 0 Å². The maximum absolute atomic E-state index is 11.3. The van der Waals surface area contributed by atoms with Crippen LogP contribution >= 0.6 is 0 Å². The molecule has 3 heteroatoms. The topological polar surface area (TPSA) is 46.3 Å². The number of hydrogen-bond acceptors (Lipinski definition) is 2. The molecular weight excluding hydrogens is 140 g/mol. The van der Waals surface area contributed by atoms with Gasteiger partial charge in [0.25, 0.3) is 0 Å². The SMILES string of the molecule is NCC12CCN(CC1)C(=O)C2. The standard InChI is InChI=1S/C8H14N2O/c9-6-8-1-3-10(4-2-8)7(11)5-8/h1-6,9H2. The van der Waals surface area contributed by atoms with Crippen LogP contribution in [0.4, 0.5) is 0 Å². The summed E-state index contributed by atoms with van der Waals surface area (Å²) < 4.78 is 0. The molecule has 1 amide bonds. The summed E-state index contributed by atoms with van der Waals surface area (Å²) in [6.45, 7) is 2.57. The number of nitrogens with two attached hydrogens (primary N) is 1. The second-order valence-electron chi connectivity index (χ2n) is 3.76. The molecule has 3 heterocycles. The van der Waals surface area contributed by atoms with Crippen molar-refractivity contribution < 1.29 is 4.79 Å². The van der Waals surface area contributed by atoms with Crippen molar-refractivity contribution in [3.8, 4) is 0 Å². The maximum Gasteiger partial charge on any atom is 0.223 e. The molecule has 3 fully saturated rings. The molecule has 0 radical (unpaired) electrons. The lowest BCUT2D eigenvalue weighted by molar-refractivity contribution is -0.144. The number of amides is 1. The summed E-state index contributed by atoms with van der Waals surface area (Å²) in [5.41, 5.74) is 5.85. The van der Waals surface area contributed by atoms with E-state index >= 15 is 0 Å². The van der Waals surface area contributed by atoms with E-state index in [9.17, 15) is 4.79 Å². The van der Waals surface area contributed by atoms with Crippen molar-refractivity contribution in [1.29, 1.82) is 0 Å². The second-order valence-corrected chi connectivity index (χ2v) is 3.76. The van der Waals surface area contributed by atoms with Crippen LogP contribution in [0.5, 0.6) is 0 Å². The molecule has 0 spiro atoms. The molecular formula is C8H14N2O. The first-order valence-corrected chi connectivity index (χ1v) is 4.24. The van der Waals surface area contributed by atoms with Crippen LogP contribution in [0.3, 0.4) is 0 Å². The van der Waals surface area contributed by atoms with Gasteiger partial charge >= 0.3 is 0 Å². The zero-order valence-electron chi connectivity index (χ0n) is 6.68. The molecule has 0 aromatic carbocycles. The molecule has 3 nitrogen and oxygen atoms in total. The van der Waals surface area contributed by atoms with Crippen LogP contribution in [0, 0.1) is 5.41 Å². The fraction of sp³-hybridized carbons (Fsp3) is 0.875. The van der Waals surface area contributed by atoms with Crippen LogP contribution in [0.25, 0.3) is 0 Å². The zero-order valence-corrected chi connectivity index (χ0v) is 6.68. The Balaban J connectivity index is 2.18. The molecule has 3 aliphatic heterocycles. The molecule has 3 saturated heterocycles. The van der Waals surface area contributed by atoms with Gasteiger partial charge in [0, 0.05) is 19.5 Å². The number of carbonyl (C=O) groups excluding carboxylic acids is 1. The predicted molar refractivity (Wildman–Crippen MR) is 41.9 cm³/mol. The number of nitrogens with zero attached hydrogens (tertiary/aromatic N) is 1. The lowest BCUT2D eigenvalue weighted by Crippen LogP contribution is -2.54. The first-order chi connectivity index (χ1) is 5.26. The van der Waals surface area contributed by atoms with Crippen LogP contribution in [0.1, 0.15) is 19.3 Å². The van der Waals surface area contributed by atoms with E-state index in [1.807, 2.05) is 4.90 Å². The fourth-order valence-electron chi connectivity index (χ4n) is 2.12. The Labute approximate surface area is 66.5 Å². The number of carbonyl (C=O) groups is 1. The van der Waals surface area contributed by atoms with E-state index < -0.39 is 0 Å². The summed E-state index contributed by atoms with van der Waals surface area (Å²) in [5, 5.41) is 0. The lowest BCUT2D eigenvalue weighted by atomic mass is 9.72. The Morgan fingerprint density at radius 2 is 2.09 bits per heavy atom.